The van der Waals surface area contributed by atoms with E-state index in [1.165, 1.54) is 11.3 Å². The third-order valence-electron chi connectivity index (χ3n) is 4.45. The Bertz CT molecular complexity index is 1210. The van der Waals surface area contributed by atoms with Gasteiger partial charge in [0.2, 0.25) is 0 Å². The molecule has 1 heterocycles. The number of carbonyl (C=O) groups is 2. The van der Waals surface area contributed by atoms with Crippen molar-refractivity contribution in [2.24, 2.45) is 0 Å². The zero-order valence-corrected chi connectivity index (χ0v) is 18.4. The van der Waals surface area contributed by atoms with E-state index in [2.05, 4.69) is 21.2 Å². The normalized spacial score (nSPS) is 10.5. The van der Waals surface area contributed by atoms with E-state index in [-0.39, 0.29) is 13.2 Å². The number of rotatable bonds is 7. The Morgan fingerprint density at radius 3 is 2.50 bits per heavy atom. The van der Waals surface area contributed by atoms with E-state index in [1.54, 1.807) is 36.4 Å². The molecule has 0 spiro atoms. The number of benzene rings is 3. The van der Waals surface area contributed by atoms with Gasteiger partial charge in [0.1, 0.15) is 12.4 Å². The van der Waals surface area contributed by atoms with Crippen molar-refractivity contribution in [2.75, 3.05) is 11.9 Å². The summed E-state index contributed by atoms with van der Waals surface area (Å²) < 4.78 is 6.82. The van der Waals surface area contributed by atoms with Gasteiger partial charge in [-0.15, -0.1) is 0 Å². The van der Waals surface area contributed by atoms with Crippen LogP contribution in [0, 0.1) is 0 Å². The second-order valence-electron chi connectivity index (χ2n) is 6.75. The molecule has 1 aromatic heterocycles. The number of hydrogen-bond donors (Lipinski definition) is 3. The molecule has 3 aromatic carbocycles. The molecule has 2 amide bonds. The molecule has 0 saturated carbocycles. The molecule has 4 aromatic rings. The van der Waals surface area contributed by atoms with Crippen LogP contribution in [0.1, 0.15) is 15.9 Å². The van der Waals surface area contributed by atoms with Crippen molar-refractivity contribution >= 4 is 50.1 Å². The van der Waals surface area contributed by atoms with E-state index in [4.69, 9.17) is 16.3 Å². The van der Waals surface area contributed by atoms with E-state index in [0.717, 1.165) is 15.8 Å². The molecule has 32 heavy (non-hydrogen) atoms. The van der Waals surface area contributed by atoms with Crippen LogP contribution in [0.4, 0.5) is 5.13 Å². The maximum atomic E-state index is 12.6. The highest BCUT2D eigenvalue weighted by atomic mass is 35.5. The zero-order valence-electron chi connectivity index (χ0n) is 16.8. The highest BCUT2D eigenvalue weighted by molar-refractivity contribution is 7.22. The van der Waals surface area contributed by atoms with Crippen molar-refractivity contribution in [3.05, 3.63) is 88.9 Å². The Kier molecular flexibility index (Phi) is 6.84. The first-order valence-corrected chi connectivity index (χ1v) is 10.9. The largest absolute Gasteiger partial charge is 0.488 e. The lowest BCUT2D eigenvalue weighted by atomic mass is 10.2. The molecule has 0 atom stereocenters. The van der Waals surface area contributed by atoms with Gasteiger partial charge in [-0.2, -0.15) is 0 Å². The predicted octanol–water partition coefficient (Wildman–Crippen LogP) is 4.40. The van der Waals surface area contributed by atoms with Gasteiger partial charge < -0.3 is 10.1 Å². The number of aromatic nitrogens is 1. The quantitative estimate of drug-likeness (QED) is 0.351. The average molecular weight is 467 g/mol. The van der Waals surface area contributed by atoms with E-state index in [0.29, 0.717) is 21.5 Å². The minimum absolute atomic E-state index is 0.0329. The number of amides is 2. The number of hydrazine groups is 1. The topological polar surface area (TPSA) is 92.4 Å². The molecule has 162 valence electrons. The van der Waals surface area contributed by atoms with Gasteiger partial charge in [-0.1, -0.05) is 59.3 Å². The third-order valence-corrected chi connectivity index (χ3v) is 5.69. The van der Waals surface area contributed by atoms with Crippen LogP contribution in [0.15, 0.2) is 72.8 Å². The highest BCUT2D eigenvalue weighted by Crippen LogP contribution is 2.25. The predicted molar refractivity (Wildman–Crippen MR) is 126 cm³/mol. The van der Waals surface area contributed by atoms with E-state index >= 15 is 0 Å². The number of halogens is 1. The number of ether oxygens (including phenoxy) is 1. The van der Waals surface area contributed by atoms with Crippen LogP contribution in [0.5, 0.6) is 5.75 Å². The second kappa shape index (κ2) is 10.1. The van der Waals surface area contributed by atoms with E-state index in [1.807, 2.05) is 36.4 Å². The van der Waals surface area contributed by atoms with Crippen molar-refractivity contribution in [1.29, 1.82) is 0 Å². The molecule has 9 heteroatoms. The minimum Gasteiger partial charge on any atom is -0.488 e. The summed E-state index contributed by atoms with van der Waals surface area (Å²) in [6.45, 7) is 0.245. The molecule has 0 aliphatic heterocycles. The van der Waals surface area contributed by atoms with Crippen molar-refractivity contribution < 1.29 is 14.3 Å². The molecule has 7 nitrogen and oxygen atoms in total. The fourth-order valence-electron chi connectivity index (χ4n) is 2.86. The van der Waals surface area contributed by atoms with E-state index in [9.17, 15) is 9.59 Å². The maximum Gasteiger partial charge on any atom is 0.273 e. The Morgan fingerprint density at radius 2 is 1.69 bits per heavy atom. The van der Waals surface area contributed by atoms with Crippen LogP contribution >= 0.6 is 22.9 Å². The lowest BCUT2D eigenvalue weighted by Gasteiger charge is -2.12. The third kappa shape index (κ3) is 5.54. The van der Waals surface area contributed by atoms with Gasteiger partial charge in [0, 0.05) is 5.02 Å². The Labute approximate surface area is 193 Å². The first-order chi connectivity index (χ1) is 15.6. The zero-order chi connectivity index (χ0) is 22.3. The number of hydrogen-bond acceptors (Lipinski definition) is 6. The van der Waals surface area contributed by atoms with Crippen molar-refractivity contribution in [2.45, 2.75) is 6.61 Å². The summed E-state index contributed by atoms with van der Waals surface area (Å²) in [5, 5.41) is 4.23. The summed E-state index contributed by atoms with van der Waals surface area (Å²) in [7, 11) is 0. The summed E-state index contributed by atoms with van der Waals surface area (Å²) in [5.74, 6) is -0.482. The summed E-state index contributed by atoms with van der Waals surface area (Å²) in [4.78, 5) is 29.1. The number of nitrogens with one attached hydrogen (secondary N) is 3. The van der Waals surface area contributed by atoms with E-state index < -0.39 is 11.8 Å². The fourth-order valence-corrected chi connectivity index (χ4v) is 3.85. The molecule has 0 unspecified atom stereocenters. The molecule has 0 aliphatic carbocycles. The molecular formula is C23H19ClN4O3S. The number of anilines is 1. The van der Waals surface area contributed by atoms with Gasteiger partial charge in [-0.05, 0) is 42.0 Å². The molecule has 0 radical (unpaired) electrons. The lowest BCUT2D eigenvalue weighted by molar-refractivity contribution is -0.120. The molecule has 0 aliphatic rings. The molecule has 4 rings (SSSR count). The number of carbonyl (C=O) groups excluding carboxylic acids is 2. The van der Waals surface area contributed by atoms with Crippen molar-refractivity contribution in [1.82, 2.24) is 15.8 Å². The smallest absolute Gasteiger partial charge is 0.273 e. The standard InChI is InChI=1S/C23H19ClN4O3S/c24-16-11-9-15(10-12-16)14-31-19-7-3-1-5-17(19)22(30)28-27-21(29)13-25-23-26-18-6-2-4-8-20(18)32-23/h1-12H,13-14H2,(H,25,26)(H,27,29)(H,28,30). The van der Waals surface area contributed by atoms with Crippen LogP contribution in [0.2, 0.25) is 5.02 Å². The van der Waals surface area contributed by atoms with Gasteiger partial charge in [0.05, 0.1) is 22.3 Å². The van der Waals surface area contributed by atoms with Gasteiger partial charge in [0.25, 0.3) is 11.8 Å². The molecule has 3 N–H and O–H groups in total. The summed E-state index contributed by atoms with van der Waals surface area (Å²) >= 11 is 7.35. The lowest BCUT2D eigenvalue weighted by Crippen LogP contribution is -2.44. The number of nitrogens with zero attached hydrogens (tertiary/aromatic N) is 1. The van der Waals surface area contributed by atoms with Crippen LogP contribution in [-0.4, -0.2) is 23.3 Å². The Hall–Kier alpha value is -3.62. The number of fused-ring (bicyclic) bond motifs is 1. The van der Waals surface area contributed by atoms with Gasteiger partial charge >= 0.3 is 0 Å². The fraction of sp³-hybridized carbons (Fsp3) is 0.0870. The van der Waals surface area contributed by atoms with Crippen molar-refractivity contribution in [3.8, 4) is 5.75 Å². The second-order valence-corrected chi connectivity index (χ2v) is 8.22. The van der Waals surface area contributed by atoms with Crippen LogP contribution < -0.4 is 20.9 Å². The number of para-hydroxylation sites is 2. The van der Waals surface area contributed by atoms with Crippen LogP contribution in [0.25, 0.3) is 10.2 Å². The molecule has 0 saturated heterocycles. The number of thiazole rings is 1. The summed E-state index contributed by atoms with van der Waals surface area (Å²) in [6, 6.07) is 21.8. The van der Waals surface area contributed by atoms with Gasteiger partial charge in [-0.3, -0.25) is 20.4 Å². The Morgan fingerprint density at radius 1 is 0.938 bits per heavy atom. The molecular weight excluding hydrogens is 448 g/mol. The maximum absolute atomic E-state index is 12.6. The van der Waals surface area contributed by atoms with Crippen LogP contribution in [0.3, 0.4) is 0 Å². The summed E-state index contributed by atoms with van der Waals surface area (Å²) in [6.07, 6.45) is 0. The Balaban J connectivity index is 1.29. The molecule has 0 bridgehead atoms. The highest BCUT2D eigenvalue weighted by Gasteiger charge is 2.13. The minimum atomic E-state index is -0.481. The van der Waals surface area contributed by atoms with Crippen LogP contribution in [-0.2, 0) is 11.4 Å². The molecule has 0 fully saturated rings. The monoisotopic (exact) mass is 466 g/mol. The van der Waals surface area contributed by atoms with Gasteiger partial charge in [0.15, 0.2) is 5.13 Å². The van der Waals surface area contributed by atoms with Gasteiger partial charge in [-0.25, -0.2) is 4.98 Å². The van der Waals surface area contributed by atoms with Crippen molar-refractivity contribution in [3.63, 3.8) is 0 Å². The first kappa shape index (κ1) is 21.6. The SMILES string of the molecule is O=C(CNc1nc2ccccc2s1)NNC(=O)c1ccccc1OCc1ccc(Cl)cc1. The first-order valence-electron chi connectivity index (χ1n) is 9.73. The average Bonchev–Trinajstić information content (AvgIpc) is 3.24. The summed E-state index contributed by atoms with van der Waals surface area (Å²) in [5.41, 5.74) is 6.90.